The summed E-state index contributed by atoms with van der Waals surface area (Å²) in [4.78, 5) is 24.3. The van der Waals surface area contributed by atoms with Gasteiger partial charge >= 0.3 is 0 Å². The fourth-order valence-corrected chi connectivity index (χ4v) is 1.78. The van der Waals surface area contributed by atoms with E-state index < -0.39 is 0 Å². The first-order valence-corrected chi connectivity index (χ1v) is 6.29. The molecular weight excluding hydrogens is 226 g/mol. The van der Waals surface area contributed by atoms with Crippen molar-refractivity contribution in [1.82, 2.24) is 0 Å². The molecule has 3 heteroatoms. The van der Waals surface area contributed by atoms with Crippen LogP contribution in [0.2, 0.25) is 0 Å². The van der Waals surface area contributed by atoms with Crippen molar-refractivity contribution >= 4 is 17.3 Å². The number of ketones is 2. The van der Waals surface area contributed by atoms with Gasteiger partial charge < -0.3 is 4.90 Å². The Hall–Kier alpha value is -1.64. The average Bonchev–Trinajstić information content (AvgIpc) is 2.28. The van der Waals surface area contributed by atoms with Gasteiger partial charge in [0, 0.05) is 31.6 Å². The van der Waals surface area contributed by atoms with Crippen LogP contribution in [-0.4, -0.2) is 24.7 Å². The van der Waals surface area contributed by atoms with E-state index in [0.29, 0.717) is 25.9 Å². The standard InChI is InChI=1S/C15H21NO2/c1-12-5-4-6-15(11-12)16(9-7-13(2)17)10-8-14(3)18/h4-6,11H,7-10H2,1-3H3. The average molecular weight is 247 g/mol. The number of benzene rings is 1. The number of hydrogen-bond acceptors (Lipinski definition) is 3. The molecule has 0 saturated heterocycles. The molecule has 3 nitrogen and oxygen atoms in total. The van der Waals surface area contributed by atoms with Crippen LogP contribution in [-0.2, 0) is 9.59 Å². The molecule has 0 saturated carbocycles. The number of carbonyl (C=O) groups excluding carboxylic acids is 2. The molecule has 1 aromatic rings. The van der Waals surface area contributed by atoms with Crippen LogP contribution in [0, 0.1) is 6.92 Å². The molecule has 0 radical (unpaired) electrons. The van der Waals surface area contributed by atoms with Gasteiger partial charge in [0.25, 0.3) is 0 Å². The third kappa shape index (κ3) is 5.13. The summed E-state index contributed by atoms with van der Waals surface area (Å²) >= 11 is 0. The summed E-state index contributed by atoms with van der Waals surface area (Å²) < 4.78 is 0. The van der Waals surface area contributed by atoms with Gasteiger partial charge in [0.05, 0.1) is 0 Å². The molecule has 0 aromatic heterocycles. The van der Waals surface area contributed by atoms with Crippen molar-refractivity contribution in [2.75, 3.05) is 18.0 Å². The smallest absolute Gasteiger partial charge is 0.131 e. The molecule has 0 fully saturated rings. The molecule has 1 rings (SSSR count). The zero-order valence-corrected chi connectivity index (χ0v) is 11.4. The zero-order chi connectivity index (χ0) is 13.5. The van der Waals surface area contributed by atoms with Crippen LogP contribution in [0.25, 0.3) is 0 Å². The summed E-state index contributed by atoms with van der Waals surface area (Å²) in [6.45, 7) is 6.58. The Morgan fingerprint density at radius 1 is 1.06 bits per heavy atom. The SMILES string of the molecule is CC(=O)CCN(CCC(C)=O)c1cccc(C)c1. The molecule has 0 heterocycles. The van der Waals surface area contributed by atoms with Crippen molar-refractivity contribution in [3.05, 3.63) is 29.8 Å². The monoisotopic (exact) mass is 247 g/mol. The van der Waals surface area contributed by atoms with E-state index in [2.05, 4.69) is 11.0 Å². The van der Waals surface area contributed by atoms with E-state index in [1.807, 2.05) is 25.1 Å². The fraction of sp³-hybridized carbons (Fsp3) is 0.467. The highest BCUT2D eigenvalue weighted by molar-refractivity contribution is 5.77. The van der Waals surface area contributed by atoms with Gasteiger partial charge in [-0.3, -0.25) is 9.59 Å². The molecule has 0 amide bonds. The third-order valence-electron chi connectivity index (χ3n) is 2.83. The predicted molar refractivity (Wildman–Crippen MR) is 74.0 cm³/mol. The molecule has 0 bridgehead atoms. The highest BCUT2D eigenvalue weighted by Crippen LogP contribution is 2.16. The topological polar surface area (TPSA) is 37.4 Å². The van der Waals surface area contributed by atoms with Gasteiger partial charge in [-0.15, -0.1) is 0 Å². The quantitative estimate of drug-likeness (QED) is 0.743. The summed E-state index contributed by atoms with van der Waals surface area (Å²) in [5.74, 6) is 0.353. The Balaban J connectivity index is 2.75. The predicted octanol–water partition coefficient (Wildman–Crippen LogP) is 2.76. The summed E-state index contributed by atoms with van der Waals surface area (Å²) in [6.07, 6.45) is 1.04. The maximum absolute atomic E-state index is 11.1. The van der Waals surface area contributed by atoms with E-state index in [-0.39, 0.29) is 11.6 Å². The Morgan fingerprint density at radius 3 is 2.06 bits per heavy atom. The number of Topliss-reactive ketones (excluding diaryl/α,β-unsaturated/α-hetero) is 2. The molecule has 0 aliphatic heterocycles. The first-order valence-electron chi connectivity index (χ1n) is 6.29. The second-order valence-corrected chi connectivity index (χ2v) is 4.73. The number of rotatable bonds is 7. The Bertz CT molecular complexity index is 408. The van der Waals surface area contributed by atoms with Gasteiger partial charge in [-0.1, -0.05) is 12.1 Å². The van der Waals surface area contributed by atoms with E-state index in [0.717, 1.165) is 5.69 Å². The maximum atomic E-state index is 11.1. The minimum atomic E-state index is 0.176. The Morgan fingerprint density at radius 2 is 1.61 bits per heavy atom. The third-order valence-corrected chi connectivity index (χ3v) is 2.83. The number of anilines is 1. The van der Waals surface area contributed by atoms with E-state index in [1.165, 1.54) is 5.56 Å². The van der Waals surface area contributed by atoms with Gasteiger partial charge in [-0.05, 0) is 38.5 Å². The zero-order valence-electron chi connectivity index (χ0n) is 11.4. The van der Waals surface area contributed by atoms with Gasteiger partial charge in [0.2, 0.25) is 0 Å². The Labute approximate surface area is 109 Å². The molecule has 18 heavy (non-hydrogen) atoms. The minimum Gasteiger partial charge on any atom is -0.371 e. The first kappa shape index (κ1) is 14.4. The Kier molecular flexibility index (Phi) is 5.56. The van der Waals surface area contributed by atoms with E-state index in [1.54, 1.807) is 13.8 Å². The van der Waals surface area contributed by atoms with E-state index >= 15 is 0 Å². The van der Waals surface area contributed by atoms with Crippen LogP contribution >= 0.6 is 0 Å². The van der Waals surface area contributed by atoms with Crippen LogP contribution in [0.1, 0.15) is 32.3 Å². The lowest BCUT2D eigenvalue weighted by atomic mass is 10.1. The molecule has 0 spiro atoms. The van der Waals surface area contributed by atoms with Crippen molar-refractivity contribution < 1.29 is 9.59 Å². The van der Waals surface area contributed by atoms with Crippen LogP contribution in [0.4, 0.5) is 5.69 Å². The van der Waals surface area contributed by atoms with Crippen LogP contribution < -0.4 is 4.90 Å². The van der Waals surface area contributed by atoms with E-state index in [9.17, 15) is 9.59 Å². The number of hydrogen-bond donors (Lipinski definition) is 0. The fourth-order valence-electron chi connectivity index (χ4n) is 1.78. The van der Waals surface area contributed by atoms with Gasteiger partial charge in [-0.25, -0.2) is 0 Å². The van der Waals surface area contributed by atoms with Crippen LogP contribution in [0.15, 0.2) is 24.3 Å². The molecule has 0 atom stereocenters. The van der Waals surface area contributed by atoms with Gasteiger partial charge in [-0.2, -0.15) is 0 Å². The second kappa shape index (κ2) is 6.94. The highest BCUT2D eigenvalue weighted by Gasteiger charge is 2.08. The lowest BCUT2D eigenvalue weighted by Crippen LogP contribution is -2.28. The van der Waals surface area contributed by atoms with Gasteiger partial charge in [0.15, 0.2) is 0 Å². The maximum Gasteiger partial charge on any atom is 0.131 e. The summed E-state index contributed by atoms with van der Waals surface area (Å²) in [6, 6.07) is 8.14. The minimum absolute atomic E-state index is 0.176. The summed E-state index contributed by atoms with van der Waals surface area (Å²) in [5, 5.41) is 0. The van der Waals surface area contributed by atoms with Crippen molar-refractivity contribution in [2.45, 2.75) is 33.6 Å². The van der Waals surface area contributed by atoms with Crippen molar-refractivity contribution in [3.63, 3.8) is 0 Å². The van der Waals surface area contributed by atoms with Crippen LogP contribution in [0.3, 0.4) is 0 Å². The molecule has 98 valence electrons. The molecule has 0 unspecified atom stereocenters. The lowest BCUT2D eigenvalue weighted by Gasteiger charge is -2.24. The number of aryl methyl sites for hydroxylation is 1. The molecular formula is C15H21NO2. The van der Waals surface area contributed by atoms with Gasteiger partial charge in [0.1, 0.15) is 11.6 Å². The second-order valence-electron chi connectivity index (χ2n) is 4.73. The summed E-state index contributed by atoms with van der Waals surface area (Å²) in [7, 11) is 0. The summed E-state index contributed by atoms with van der Waals surface area (Å²) in [5.41, 5.74) is 2.26. The number of carbonyl (C=O) groups is 2. The highest BCUT2D eigenvalue weighted by atomic mass is 16.1. The molecule has 0 aliphatic carbocycles. The largest absolute Gasteiger partial charge is 0.371 e. The first-order chi connectivity index (χ1) is 8.49. The number of nitrogens with zero attached hydrogens (tertiary/aromatic N) is 1. The lowest BCUT2D eigenvalue weighted by molar-refractivity contribution is -0.117. The van der Waals surface area contributed by atoms with Crippen molar-refractivity contribution in [3.8, 4) is 0 Å². The molecule has 0 aliphatic rings. The van der Waals surface area contributed by atoms with E-state index in [4.69, 9.17) is 0 Å². The normalized spacial score (nSPS) is 10.2. The molecule has 0 N–H and O–H groups in total. The van der Waals surface area contributed by atoms with Crippen LogP contribution in [0.5, 0.6) is 0 Å². The molecule has 1 aromatic carbocycles. The van der Waals surface area contributed by atoms with Crippen molar-refractivity contribution in [1.29, 1.82) is 0 Å². The van der Waals surface area contributed by atoms with Crippen molar-refractivity contribution in [2.24, 2.45) is 0 Å².